The Balaban J connectivity index is 1.24. The fourth-order valence-corrected chi connectivity index (χ4v) is 8.84. The average Bonchev–Trinajstić information content (AvgIpc) is 3.06. The Hall–Kier alpha value is -0.890. The van der Waals surface area contributed by atoms with Crippen LogP contribution in [-0.2, 0) is 4.84 Å². The second kappa shape index (κ2) is 10.6. The largest absolute Gasteiger partial charge is 0.393 e. The Bertz CT molecular complexity index is 716. The number of nitrogens with two attached hydrogens (primary N) is 2. The Morgan fingerprint density at radius 1 is 1.00 bits per heavy atom. The van der Waals surface area contributed by atoms with Crippen LogP contribution in [0.5, 0.6) is 0 Å². The van der Waals surface area contributed by atoms with Crippen molar-refractivity contribution in [3.63, 3.8) is 0 Å². The van der Waals surface area contributed by atoms with E-state index in [-0.39, 0.29) is 17.5 Å². The Labute approximate surface area is 206 Å². The van der Waals surface area contributed by atoms with Crippen LogP contribution in [0.1, 0.15) is 97.3 Å². The van der Waals surface area contributed by atoms with Gasteiger partial charge in [-0.25, -0.2) is 5.48 Å². The standard InChI is InChI=1S/C27H50N4O3/c1-25-12-10-21(32)18-20(25)7-8-23-22(25)11-13-26(2)19(9-14-27(23,26)33)6-5-16-31-34-17-4-3-15-30-24(28)29/h19-23,31-33H,3-18H2,1-2H3,(H4,28,29,30)/t19?,20?,21?,22-,23-,25+,26-,27-/m1/s1. The number of hydrogen-bond donors (Lipinski definition) is 5. The van der Waals surface area contributed by atoms with Crippen LogP contribution < -0.4 is 16.9 Å². The van der Waals surface area contributed by atoms with E-state index in [2.05, 4.69) is 24.3 Å². The van der Waals surface area contributed by atoms with Crippen LogP contribution >= 0.6 is 0 Å². The van der Waals surface area contributed by atoms with Gasteiger partial charge in [-0.2, -0.15) is 0 Å². The summed E-state index contributed by atoms with van der Waals surface area (Å²) in [7, 11) is 0. The number of aliphatic imine (C=N–C) groups is 1. The van der Waals surface area contributed by atoms with Gasteiger partial charge in [0.25, 0.3) is 0 Å². The van der Waals surface area contributed by atoms with Crippen molar-refractivity contribution in [2.24, 2.45) is 51.0 Å². The third-order valence-electron chi connectivity index (χ3n) is 10.9. The third kappa shape index (κ3) is 4.87. The number of nitrogens with zero attached hydrogens (tertiary/aromatic N) is 1. The smallest absolute Gasteiger partial charge is 0.185 e. The molecule has 0 aromatic heterocycles. The molecule has 7 N–H and O–H groups in total. The third-order valence-corrected chi connectivity index (χ3v) is 10.9. The lowest BCUT2D eigenvalue weighted by Crippen LogP contribution is -2.62. The Morgan fingerprint density at radius 2 is 1.82 bits per heavy atom. The first-order valence-electron chi connectivity index (χ1n) is 14.0. The zero-order valence-corrected chi connectivity index (χ0v) is 21.6. The summed E-state index contributed by atoms with van der Waals surface area (Å²) in [6, 6.07) is 0. The van der Waals surface area contributed by atoms with Crippen LogP contribution in [0.4, 0.5) is 0 Å². The molecule has 0 radical (unpaired) electrons. The molecule has 0 amide bonds. The van der Waals surface area contributed by atoms with E-state index in [1.807, 2.05) is 0 Å². The maximum absolute atomic E-state index is 12.3. The van der Waals surface area contributed by atoms with Gasteiger partial charge in [-0.1, -0.05) is 13.8 Å². The first-order valence-corrected chi connectivity index (χ1v) is 14.0. The molecule has 0 aromatic rings. The number of hydroxylamine groups is 1. The van der Waals surface area contributed by atoms with Crippen molar-refractivity contribution < 1.29 is 15.1 Å². The molecule has 196 valence electrons. The zero-order chi connectivity index (χ0) is 24.4. The minimum Gasteiger partial charge on any atom is -0.393 e. The van der Waals surface area contributed by atoms with E-state index in [4.69, 9.17) is 16.3 Å². The fourth-order valence-electron chi connectivity index (χ4n) is 8.84. The van der Waals surface area contributed by atoms with Crippen molar-refractivity contribution >= 4 is 5.96 Å². The average molecular weight is 479 g/mol. The second-order valence-electron chi connectivity index (χ2n) is 12.4. The van der Waals surface area contributed by atoms with Crippen molar-refractivity contribution in [2.45, 2.75) is 109 Å². The highest BCUT2D eigenvalue weighted by Crippen LogP contribution is 2.69. The minimum atomic E-state index is -0.510. The molecule has 0 spiro atoms. The van der Waals surface area contributed by atoms with Crippen LogP contribution in [0, 0.1) is 34.5 Å². The Morgan fingerprint density at radius 3 is 2.62 bits per heavy atom. The summed E-state index contributed by atoms with van der Waals surface area (Å²) < 4.78 is 0. The van der Waals surface area contributed by atoms with Crippen molar-refractivity contribution in [1.82, 2.24) is 5.48 Å². The topological polar surface area (TPSA) is 126 Å². The lowest BCUT2D eigenvalue weighted by atomic mass is 9.43. The molecule has 34 heavy (non-hydrogen) atoms. The van der Waals surface area contributed by atoms with E-state index in [1.165, 1.54) is 12.8 Å². The van der Waals surface area contributed by atoms with Gasteiger partial charge in [0.05, 0.1) is 18.3 Å². The van der Waals surface area contributed by atoms with E-state index in [9.17, 15) is 10.2 Å². The van der Waals surface area contributed by atoms with Crippen molar-refractivity contribution in [3.05, 3.63) is 0 Å². The minimum absolute atomic E-state index is 0.0394. The number of aliphatic hydroxyl groups is 2. The Kier molecular flexibility index (Phi) is 8.17. The summed E-state index contributed by atoms with van der Waals surface area (Å²) in [5, 5.41) is 22.5. The molecular formula is C27H50N4O3. The normalized spacial score (nSPS) is 43.6. The number of fused-ring (bicyclic) bond motifs is 5. The van der Waals surface area contributed by atoms with E-state index in [0.29, 0.717) is 42.2 Å². The molecule has 8 atom stereocenters. The highest BCUT2D eigenvalue weighted by molar-refractivity contribution is 5.75. The number of nitrogens with one attached hydrogen (secondary N) is 1. The first-order chi connectivity index (χ1) is 16.2. The van der Waals surface area contributed by atoms with Crippen LogP contribution in [0.25, 0.3) is 0 Å². The van der Waals surface area contributed by atoms with Gasteiger partial charge >= 0.3 is 0 Å². The molecule has 7 heteroatoms. The molecule has 4 aliphatic rings. The number of guanidine groups is 1. The van der Waals surface area contributed by atoms with Crippen molar-refractivity contribution in [2.75, 3.05) is 19.7 Å². The molecule has 0 bridgehead atoms. The van der Waals surface area contributed by atoms with Gasteiger partial charge in [-0.3, -0.25) is 4.99 Å². The molecule has 0 aromatic carbocycles. The lowest BCUT2D eigenvalue weighted by molar-refractivity contribution is -0.210. The SMILES string of the molecule is C[C@]12CCC(O)CC1CC[C@@H]1[C@H]2CC[C@]2(C)C(CCCNOCCCCN=C(N)N)CC[C@@]12O. The highest BCUT2D eigenvalue weighted by atomic mass is 16.6. The quantitative estimate of drug-likeness (QED) is 0.142. The van der Waals surface area contributed by atoms with Crippen LogP contribution in [0.2, 0.25) is 0 Å². The molecule has 0 saturated heterocycles. The molecule has 0 aliphatic heterocycles. The summed E-state index contributed by atoms with van der Waals surface area (Å²) in [4.78, 5) is 9.55. The van der Waals surface area contributed by atoms with Gasteiger partial charge in [-0.15, -0.1) is 0 Å². The monoisotopic (exact) mass is 478 g/mol. The molecule has 3 unspecified atom stereocenters. The molecule has 4 saturated carbocycles. The van der Waals surface area contributed by atoms with Crippen LogP contribution in [0.3, 0.4) is 0 Å². The molecule has 0 heterocycles. The molecule has 4 rings (SSSR count). The van der Waals surface area contributed by atoms with Gasteiger partial charge < -0.3 is 26.5 Å². The van der Waals surface area contributed by atoms with Gasteiger partial charge in [0.2, 0.25) is 0 Å². The summed E-state index contributed by atoms with van der Waals surface area (Å²) >= 11 is 0. The maximum Gasteiger partial charge on any atom is 0.185 e. The molecule has 4 fully saturated rings. The maximum atomic E-state index is 12.3. The highest BCUT2D eigenvalue weighted by Gasteiger charge is 2.66. The summed E-state index contributed by atoms with van der Waals surface area (Å²) in [5.41, 5.74) is 13.6. The summed E-state index contributed by atoms with van der Waals surface area (Å²) in [6.07, 6.45) is 13.9. The van der Waals surface area contributed by atoms with Gasteiger partial charge in [0.1, 0.15) is 0 Å². The van der Waals surface area contributed by atoms with E-state index >= 15 is 0 Å². The van der Waals surface area contributed by atoms with Crippen LogP contribution in [0.15, 0.2) is 4.99 Å². The van der Waals surface area contributed by atoms with Crippen molar-refractivity contribution in [3.8, 4) is 0 Å². The zero-order valence-electron chi connectivity index (χ0n) is 21.6. The summed E-state index contributed by atoms with van der Waals surface area (Å²) in [5.74, 6) is 2.44. The number of rotatable bonds is 10. The predicted molar refractivity (Wildman–Crippen MR) is 136 cm³/mol. The van der Waals surface area contributed by atoms with Gasteiger partial charge in [0, 0.05) is 13.1 Å². The van der Waals surface area contributed by atoms with E-state index in [1.54, 1.807) is 0 Å². The van der Waals surface area contributed by atoms with Crippen LogP contribution in [-0.4, -0.2) is 47.6 Å². The lowest BCUT2D eigenvalue weighted by Gasteiger charge is -2.63. The first kappa shape index (κ1) is 26.2. The van der Waals surface area contributed by atoms with Crippen molar-refractivity contribution in [1.29, 1.82) is 0 Å². The van der Waals surface area contributed by atoms with E-state index in [0.717, 1.165) is 77.2 Å². The number of hydrogen-bond acceptors (Lipinski definition) is 5. The fraction of sp³-hybridized carbons (Fsp3) is 0.963. The predicted octanol–water partition coefficient (Wildman–Crippen LogP) is 3.48. The number of unbranched alkanes of at least 4 members (excludes halogenated alkanes) is 1. The van der Waals surface area contributed by atoms with Gasteiger partial charge in [-0.05, 0) is 118 Å². The second-order valence-corrected chi connectivity index (χ2v) is 12.4. The van der Waals surface area contributed by atoms with Gasteiger partial charge in [0.15, 0.2) is 5.96 Å². The molecular weight excluding hydrogens is 428 g/mol. The number of aliphatic hydroxyl groups excluding tert-OH is 1. The molecule has 4 aliphatic carbocycles. The van der Waals surface area contributed by atoms with E-state index < -0.39 is 5.60 Å². The summed E-state index contributed by atoms with van der Waals surface area (Å²) in [6.45, 7) is 7.07. The molecule has 7 nitrogen and oxygen atoms in total.